The minimum Gasteiger partial charge on any atom is -0.458 e. The van der Waals surface area contributed by atoms with Crippen molar-refractivity contribution in [2.75, 3.05) is 6.54 Å². The van der Waals surface area contributed by atoms with Gasteiger partial charge in [-0.25, -0.2) is 4.98 Å². The van der Waals surface area contributed by atoms with Crippen LogP contribution in [0.3, 0.4) is 0 Å². The molecule has 0 radical (unpaired) electrons. The number of piperidine rings is 1. The van der Waals surface area contributed by atoms with Crippen molar-refractivity contribution in [3.8, 4) is 11.5 Å². The van der Waals surface area contributed by atoms with Gasteiger partial charge in [-0.15, -0.1) is 0 Å². The maximum atomic E-state index is 6.02. The van der Waals surface area contributed by atoms with E-state index in [0.717, 1.165) is 43.1 Å². The smallest absolute Gasteiger partial charge is 0.152 e. The van der Waals surface area contributed by atoms with Crippen molar-refractivity contribution in [1.29, 1.82) is 0 Å². The molecule has 1 atom stereocenters. The molecule has 6 nitrogen and oxygen atoms in total. The maximum Gasteiger partial charge on any atom is 0.152 e. The molecule has 0 aromatic carbocycles. The van der Waals surface area contributed by atoms with Gasteiger partial charge in [-0.05, 0) is 44.0 Å². The third-order valence-corrected chi connectivity index (χ3v) is 5.16. The monoisotopic (exact) mass is 339 g/mol. The van der Waals surface area contributed by atoms with Gasteiger partial charge in [0.25, 0.3) is 0 Å². The lowest BCUT2D eigenvalue weighted by Gasteiger charge is -2.35. The first-order chi connectivity index (χ1) is 12.3. The Labute approximate surface area is 147 Å². The topological polar surface area (TPSA) is 62.9 Å². The average molecular weight is 339 g/mol. The summed E-state index contributed by atoms with van der Waals surface area (Å²) in [7, 11) is 2.07. The normalized spacial score (nSPS) is 18.7. The van der Waals surface area contributed by atoms with Crippen molar-refractivity contribution in [3.63, 3.8) is 0 Å². The summed E-state index contributed by atoms with van der Waals surface area (Å²) in [5, 5.41) is 6.94. The first-order valence-electron chi connectivity index (χ1n) is 9.08. The molecule has 0 saturated carbocycles. The Balaban J connectivity index is 1.40. The molecule has 1 N–H and O–H groups in total. The third-order valence-electron chi connectivity index (χ3n) is 5.16. The first kappa shape index (κ1) is 16.1. The molecule has 0 bridgehead atoms. The summed E-state index contributed by atoms with van der Waals surface area (Å²) in [6, 6.07) is 6.64. The van der Waals surface area contributed by atoms with Gasteiger partial charge in [0.1, 0.15) is 17.3 Å². The number of aromatic nitrogens is 4. The van der Waals surface area contributed by atoms with Gasteiger partial charge in [0, 0.05) is 38.1 Å². The van der Waals surface area contributed by atoms with Crippen LogP contribution >= 0.6 is 0 Å². The van der Waals surface area contributed by atoms with Crippen LogP contribution in [0.25, 0.3) is 11.5 Å². The van der Waals surface area contributed by atoms with Crippen LogP contribution in [0.15, 0.2) is 41.2 Å². The van der Waals surface area contributed by atoms with Crippen LogP contribution in [-0.4, -0.2) is 37.2 Å². The van der Waals surface area contributed by atoms with Gasteiger partial charge in [0.05, 0.1) is 6.54 Å². The van der Waals surface area contributed by atoms with Crippen LogP contribution in [0, 0.1) is 0 Å². The van der Waals surface area contributed by atoms with E-state index < -0.39 is 0 Å². The van der Waals surface area contributed by atoms with Crippen molar-refractivity contribution in [1.82, 2.24) is 24.6 Å². The summed E-state index contributed by atoms with van der Waals surface area (Å²) >= 11 is 0. The van der Waals surface area contributed by atoms with E-state index in [2.05, 4.69) is 37.8 Å². The molecule has 6 heteroatoms. The van der Waals surface area contributed by atoms with Gasteiger partial charge >= 0.3 is 0 Å². The molecular weight excluding hydrogens is 314 g/mol. The fourth-order valence-corrected chi connectivity index (χ4v) is 3.73. The van der Waals surface area contributed by atoms with E-state index in [1.165, 1.54) is 25.1 Å². The third kappa shape index (κ3) is 3.69. The number of rotatable bonds is 6. The summed E-state index contributed by atoms with van der Waals surface area (Å²) in [6.07, 6.45) is 11.7. The highest BCUT2D eigenvalue weighted by Crippen LogP contribution is 2.25. The minimum absolute atomic E-state index is 0.603. The number of hydrogen-bond donors (Lipinski definition) is 1. The Bertz CT molecular complexity index is 788. The van der Waals surface area contributed by atoms with E-state index >= 15 is 0 Å². The van der Waals surface area contributed by atoms with E-state index in [4.69, 9.17) is 4.42 Å². The SMILES string of the molecule is Cn1ccnc1CCC1CCCCN1Cc1ccc(-c2ccn[nH]2)o1. The number of nitrogens with zero attached hydrogens (tertiary/aromatic N) is 4. The molecule has 0 aliphatic carbocycles. The molecular formula is C19H25N5O. The second-order valence-electron chi connectivity index (χ2n) is 6.85. The molecule has 1 aliphatic heterocycles. The van der Waals surface area contributed by atoms with E-state index in [-0.39, 0.29) is 0 Å². The zero-order valence-corrected chi connectivity index (χ0v) is 14.7. The van der Waals surface area contributed by atoms with Crippen molar-refractivity contribution < 1.29 is 4.42 Å². The highest BCUT2D eigenvalue weighted by Gasteiger charge is 2.23. The zero-order chi connectivity index (χ0) is 17.1. The second-order valence-corrected chi connectivity index (χ2v) is 6.85. The van der Waals surface area contributed by atoms with Crippen molar-refractivity contribution in [2.24, 2.45) is 7.05 Å². The average Bonchev–Trinajstić information content (AvgIpc) is 3.36. The molecule has 0 amide bonds. The summed E-state index contributed by atoms with van der Waals surface area (Å²) in [5.41, 5.74) is 0.927. The molecule has 1 fully saturated rings. The molecule has 1 unspecified atom stereocenters. The lowest BCUT2D eigenvalue weighted by molar-refractivity contribution is 0.123. The molecule has 4 rings (SSSR count). The highest BCUT2D eigenvalue weighted by molar-refractivity contribution is 5.51. The Hall–Kier alpha value is -2.34. The van der Waals surface area contributed by atoms with Crippen molar-refractivity contribution >= 4 is 0 Å². The second kappa shape index (κ2) is 7.27. The number of furan rings is 1. The zero-order valence-electron chi connectivity index (χ0n) is 14.7. The molecule has 132 valence electrons. The Morgan fingerprint density at radius 2 is 2.20 bits per heavy atom. The molecule has 1 saturated heterocycles. The fraction of sp³-hybridized carbons (Fsp3) is 0.474. The number of H-pyrrole nitrogens is 1. The van der Waals surface area contributed by atoms with Crippen LogP contribution in [0.2, 0.25) is 0 Å². The highest BCUT2D eigenvalue weighted by atomic mass is 16.3. The van der Waals surface area contributed by atoms with E-state index in [1.807, 2.05) is 24.5 Å². The van der Waals surface area contributed by atoms with Gasteiger partial charge in [0.2, 0.25) is 0 Å². The number of aromatic amines is 1. The van der Waals surface area contributed by atoms with Gasteiger partial charge in [-0.2, -0.15) is 5.10 Å². The first-order valence-corrected chi connectivity index (χ1v) is 9.08. The van der Waals surface area contributed by atoms with Crippen LogP contribution in [0.5, 0.6) is 0 Å². The van der Waals surface area contributed by atoms with Crippen molar-refractivity contribution in [2.45, 2.75) is 44.7 Å². The quantitative estimate of drug-likeness (QED) is 0.748. The lowest BCUT2D eigenvalue weighted by atomic mass is 9.97. The summed E-state index contributed by atoms with van der Waals surface area (Å²) in [4.78, 5) is 7.03. The standard InChI is InChI=1S/C19H25N5O/c1-23-13-11-20-19(23)8-5-15-4-2-3-12-24(15)14-16-6-7-18(25-16)17-9-10-21-22-17/h6-7,9-11,13,15H,2-5,8,12,14H2,1H3,(H,21,22). The fourth-order valence-electron chi connectivity index (χ4n) is 3.73. The Morgan fingerprint density at radius 3 is 3.00 bits per heavy atom. The number of likely N-dealkylation sites (tertiary alicyclic amines) is 1. The maximum absolute atomic E-state index is 6.02. The van der Waals surface area contributed by atoms with E-state index in [9.17, 15) is 0 Å². The number of imidazole rings is 1. The molecule has 4 heterocycles. The summed E-state index contributed by atoms with van der Waals surface area (Å²) in [5.74, 6) is 3.05. The Morgan fingerprint density at radius 1 is 1.24 bits per heavy atom. The Kier molecular flexibility index (Phi) is 4.70. The van der Waals surface area contributed by atoms with Gasteiger partial charge < -0.3 is 8.98 Å². The van der Waals surface area contributed by atoms with Crippen LogP contribution in [0.4, 0.5) is 0 Å². The van der Waals surface area contributed by atoms with Crippen LogP contribution < -0.4 is 0 Å². The molecule has 1 aliphatic rings. The molecule has 25 heavy (non-hydrogen) atoms. The number of hydrogen-bond acceptors (Lipinski definition) is 4. The summed E-state index contributed by atoms with van der Waals surface area (Å²) < 4.78 is 8.14. The van der Waals surface area contributed by atoms with Gasteiger partial charge in [0.15, 0.2) is 5.76 Å². The predicted octanol–water partition coefficient (Wildman–Crippen LogP) is 3.39. The number of aryl methyl sites for hydroxylation is 2. The molecule has 3 aromatic rings. The molecule has 3 aromatic heterocycles. The summed E-state index contributed by atoms with van der Waals surface area (Å²) in [6.45, 7) is 2.02. The lowest BCUT2D eigenvalue weighted by Crippen LogP contribution is -2.39. The molecule has 0 spiro atoms. The predicted molar refractivity (Wildman–Crippen MR) is 95.9 cm³/mol. The van der Waals surface area contributed by atoms with Crippen LogP contribution in [0.1, 0.15) is 37.3 Å². The van der Waals surface area contributed by atoms with Crippen molar-refractivity contribution in [3.05, 3.63) is 48.4 Å². The van der Waals surface area contributed by atoms with Gasteiger partial charge in [-0.3, -0.25) is 10.00 Å². The van der Waals surface area contributed by atoms with Crippen LogP contribution in [-0.2, 0) is 20.0 Å². The van der Waals surface area contributed by atoms with E-state index in [0.29, 0.717) is 6.04 Å². The number of nitrogens with one attached hydrogen (secondary N) is 1. The minimum atomic E-state index is 0.603. The van der Waals surface area contributed by atoms with E-state index in [1.54, 1.807) is 6.20 Å². The van der Waals surface area contributed by atoms with Gasteiger partial charge in [-0.1, -0.05) is 6.42 Å². The largest absolute Gasteiger partial charge is 0.458 e.